The van der Waals surface area contributed by atoms with Crippen LogP contribution in [0.1, 0.15) is 25.0 Å². The van der Waals surface area contributed by atoms with Crippen molar-refractivity contribution >= 4 is 15.7 Å². The molecule has 0 saturated carbocycles. The Morgan fingerprint density at radius 1 is 1.28 bits per heavy atom. The van der Waals surface area contributed by atoms with Gasteiger partial charge in [0.2, 0.25) is 10.0 Å². The second-order valence-electron chi connectivity index (χ2n) is 5.11. The van der Waals surface area contributed by atoms with Crippen LogP contribution in [0.4, 0.5) is 5.69 Å². The van der Waals surface area contributed by atoms with E-state index in [4.69, 9.17) is 5.73 Å². The molecule has 0 atom stereocenters. The van der Waals surface area contributed by atoms with Crippen LogP contribution in [0, 0.1) is 19.8 Å². The highest BCUT2D eigenvalue weighted by Gasteiger charge is 2.25. The highest BCUT2D eigenvalue weighted by Crippen LogP contribution is 2.27. The van der Waals surface area contributed by atoms with E-state index in [1.807, 2.05) is 13.8 Å². The maximum absolute atomic E-state index is 12.5. The fraction of sp³-hybridized carbons (Fsp3) is 0.538. The summed E-state index contributed by atoms with van der Waals surface area (Å²) in [7, 11) is -1.86. The first-order chi connectivity index (χ1) is 8.17. The van der Waals surface area contributed by atoms with Crippen molar-refractivity contribution in [1.82, 2.24) is 4.31 Å². The highest BCUT2D eigenvalue weighted by molar-refractivity contribution is 7.89. The molecule has 0 unspecified atom stereocenters. The van der Waals surface area contributed by atoms with Crippen LogP contribution in [-0.4, -0.2) is 26.3 Å². The number of nitrogens with two attached hydrogens (primary N) is 1. The van der Waals surface area contributed by atoms with E-state index in [1.165, 1.54) is 4.31 Å². The number of sulfonamides is 1. The Balaban J connectivity index is 3.33. The minimum absolute atomic E-state index is 0.284. The van der Waals surface area contributed by atoms with Gasteiger partial charge in [-0.05, 0) is 37.0 Å². The molecule has 5 heteroatoms. The smallest absolute Gasteiger partial charge is 0.243 e. The van der Waals surface area contributed by atoms with E-state index in [0.29, 0.717) is 22.7 Å². The molecule has 0 amide bonds. The molecule has 0 aliphatic rings. The van der Waals surface area contributed by atoms with E-state index in [1.54, 1.807) is 33.0 Å². The Bertz CT molecular complexity index is 536. The van der Waals surface area contributed by atoms with Gasteiger partial charge in [0.25, 0.3) is 0 Å². The van der Waals surface area contributed by atoms with E-state index in [0.717, 1.165) is 5.56 Å². The van der Waals surface area contributed by atoms with Crippen molar-refractivity contribution in [1.29, 1.82) is 0 Å². The molecular formula is C13H22N2O2S. The first kappa shape index (κ1) is 15.0. The average Bonchev–Trinajstić information content (AvgIpc) is 2.22. The SMILES string of the molecule is Cc1ccc(N)c(C)c1S(=O)(=O)N(C)CC(C)C. The van der Waals surface area contributed by atoms with E-state index in [-0.39, 0.29) is 5.92 Å². The summed E-state index contributed by atoms with van der Waals surface area (Å²) in [5.41, 5.74) is 7.68. The van der Waals surface area contributed by atoms with Gasteiger partial charge in [-0.2, -0.15) is 0 Å². The number of hydrogen-bond acceptors (Lipinski definition) is 3. The van der Waals surface area contributed by atoms with Gasteiger partial charge in [-0.3, -0.25) is 0 Å². The minimum atomic E-state index is -3.46. The molecule has 102 valence electrons. The minimum Gasteiger partial charge on any atom is -0.398 e. The second kappa shape index (κ2) is 5.28. The van der Waals surface area contributed by atoms with Crippen LogP contribution >= 0.6 is 0 Å². The van der Waals surface area contributed by atoms with Gasteiger partial charge in [-0.25, -0.2) is 12.7 Å². The van der Waals surface area contributed by atoms with Gasteiger partial charge in [0, 0.05) is 19.3 Å². The van der Waals surface area contributed by atoms with Crippen LogP contribution in [0.5, 0.6) is 0 Å². The van der Waals surface area contributed by atoms with Crippen molar-refractivity contribution in [2.75, 3.05) is 19.3 Å². The lowest BCUT2D eigenvalue weighted by Crippen LogP contribution is -2.31. The third-order valence-electron chi connectivity index (χ3n) is 2.94. The van der Waals surface area contributed by atoms with E-state index >= 15 is 0 Å². The Morgan fingerprint density at radius 2 is 1.83 bits per heavy atom. The number of nitrogens with zero attached hydrogens (tertiary/aromatic N) is 1. The molecule has 0 aliphatic heterocycles. The third kappa shape index (κ3) is 2.84. The molecule has 0 bridgehead atoms. The zero-order chi connectivity index (χ0) is 14.1. The number of aryl methyl sites for hydroxylation is 1. The summed E-state index contributed by atoms with van der Waals surface area (Å²) in [6.45, 7) is 8.02. The van der Waals surface area contributed by atoms with Crippen molar-refractivity contribution in [2.24, 2.45) is 5.92 Å². The first-order valence-electron chi connectivity index (χ1n) is 6.00. The first-order valence-corrected chi connectivity index (χ1v) is 7.44. The molecule has 1 rings (SSSR count). The summed E-state index contributed by atoms with van der Waals surface area (Å²) in [4.78, 5) is 0.339. The number of anilines is 1. The van der Waals surface area contributed by atoms with Gasteiger partial charge in [0.05, 0.1) is 4.90 Å². The van der Waals surface area contributed by atoms with Gasteiger partial charge in [0.15, 0.2) is 0 Å². The monoisotopic (exact) mass is 270 g/mol. The predicted molar refractivity (Wildman–Crippen MR) is 75.0 cm³/mol. The fourth-order valence-corrected chi connectivity index (χ4v) is 3.79. The summed E-state index contributed by atoms with van der Waals surface area (Å²) in [5.74, 6) is 0.284. The second-order valence-corrected chi connectivity index (χ2v) is 7.09. The molecule has 0 spiro atoms. The number of benzene rings is 1. The summed E-state index contributed by atoms with van der Waals surface area (Å²) in [6.07, 6.45) is 0. The molecule has 1 aromatic rings. The molecule has 0 aromatic heterocycles. The Hall–Kier alpha value is -1.07. The Kier molecular flexibility index (Phi) is 4.40. The number of hydrogen-bond donors (Lipinski definition) is 1. The molecule has 18 heavy (non-hydrogen) atoms. The lowest BCUT2D eigenvalue weighted by molar-refractivity contribution is 0.416. The normalized spacial score (nSPS) is 12.4. The quantitative estimate of drug-likeness (QED) is 0.853. The third-order valence-corrected chi connectivity index (χ3v) is 5.05. The molecular weight excluding hydrogens is 248 g/mol. The topological polar surface area (TPSA) is 63.4 Å². The maximum Gasteiger partial charge on any atom is 0.243 e. The van der Waals surface area contributed by atoms with Crippen molar-refractivity contribution in [3.05, 3.63) is 23.3 Å². The summed E-state index contributed by atoms with van der Waals surface area (Å²) in [6, 6.07) is 3.49. The molecule has 0 radical (unpaired) electrons. The average molecular weight is 270 g/mol. The lowest BCUT2D eigenvalue weighted by Gasteiger charge is -2.22. The van der Waals surface area contributed by atoms with Crippen LogP contribution < -0.4 is 5.73 Å². The van der Waals surface area contributed by atoms with Gasteiger partial charge in [-0.1, -0.05) is 19.9 Å². The van der Waals surface area contributed by atoms with Crippen LogP contribution in [0.3, 0.4) is 0 Å². The van der Waals surface area contributed by atoms with Crippen LogP contribution in [0.25, 0.3) is 0 Å². The van der Waals surface area contributed by atoms with E-state index in [9.17, 15) is 8.42 Å². The molecule has 0 heterocycles. The van der Waals surface area contributed by atoms with E-state index in [2.05, 4.69) is 0 Å². The lowest BCUT2D eigenvalue weighted by atomic mass is 10.1. The Labute approximate surface area is 110 Å². The molecule has 0 saturated heterocycles. The molecule has 2 N–H and O–H groups in total. The van der Waals surface area contributed by atoms with Crippen LogP contribution in [0.15, 0.2) is 17.0 Å². The van der Waals surface area contributed by atoms with Gasteiger partial charge in [-0.15, -0.1) is 0 Å². The van der Waals surface area contributed by atoms with Crippen LogP contribution in [0.2, 0.25) is 0 Å². The van der Waals surface area contributed by atoms with Crippen molar-refractivity contribution < 1.29 is 8.42 Å². The molecule has 4 nitrogen and oxygen atoms in total. The predicted octanol–water partition coefficient (Wildman–Crippen LogP) is 2.16. The Morgan fingerprint density at radius 3 is 2.33 bits per heavy atom. The summed E-state index contributed by atoms with van der Waals surface area (Å²) >= 11 is 0. The zero-order valence-corrected chi connectivity index (χ0v) is 12.5. The fourth-order valence-electron chi connectivity index (χ4n) is 2.01. The number of nitrogen functional groups attached to an aromatic ring is 1. The van der Waals surface area contributed by atoms with Gasteiger partial charge >= 0.3 is 0 Å². The summed E-state index contributed by atoms with van der Waals surface area (Å²) in [5, 5.41) is 0. The molecule has 0 fully saturated rings. The van der Waals surface area contributed by atoms with Crippen molar-refractivity contribution in [3.8, 4) is 0 Å². The number of rotatable bonds is 4. The maximum atomic E-state index is 12.5. The summed E-state index contributed by atoms with van der Waals surface area (Å²) < 4.78 is 26.5. The van der Waals surface area contributed by atoms with E-state index < -0.39 is 10.0 Å². The van der Waals surface area contributed by atoms with Crippen molar-refractivity contribution in [2.45, 2.75) is 32.6 Å². The highest BCUT2D eigenvalue weighted by atomic mass is 32.2. The van der Waals surface area contributed by atoms with Gasteiger partial charge < -0.3 is 5.73 Å². The molecule has 0 aliphatic carbocycles. The zero-order valence-electron chi connectivity index (χ0n) is 11.7. The van der Waals surface area contributed by atoms with Crippen molar-refractivity contribution in [3.63, 3.8) is 0 Å². The standard InChI is InChI=1S/C13H22N2O2S/c1-9(2)8-15(5)18(16,17)13-10(3)6-7-12(14)11(13)4/h6-7,9H,8,14H2,1-5H3. The van der Waals surface area contributed by atoms with Gasteiger partial charge in [0.1, 0.15) is 0 Å². The molecule has 1 aromatic carbocycles. The largest absolute Gasteiger partial charge is 0.398 e. The van der Waals surface area contributed by atoms with Crippen LogP contribution in [-0.2, 0) is 10.0 Å².